The van der Waals surface area contributed by atoms with Crippen LogP contribution in [0.15, 0.2) is 29.2 Å². The molecule has 0 aliphatic carbocycles. The molecule has 0 saturated heterocycles. The summed E-state index contributed by atoms with van der Waals surface area (Å²) in [5.74, 6) is -1.40. The lowest BCUT2D eigenvalue weighted by atomic mass is 10.2. The third kappa shape index (κ3) is 4.88. The topological polar surface area (TPSA) is 110 Å². The second kappa shape index (κ2) is 7.49. The molecule has 0 bridgehead atoms. The zero-order valence-electron chi connectivity index (χ0n) is 10.7. The van der Waals surface area contributed by atoms with E-state index in [0.29, 0.717) is 11.3 Å². The minimum Gasteiger partial charge on any atom is -0.480 e. The Labute approximate surface area is 119 Å². The third-order valence-electron chi connectivity index (χ3n) is 2.46. The number of aliphatic carboxylic acids is 1. The predicted octanol–water partition coefficient (Wildman–Crippen LogP) is 1.67. The fourth-order valence-electron chi connectivity index (χ4n) is 1.39. The summed E-state index contributed by atoms with van der Waals surface area (Å²) in [6, 6.07) is 4.91. The molecule has 1 rings (SSSR count). The van der Waals surface area contributed by atoms with Crippen LogP contribution in [-0.4, -0.2) is 33.7 Å². The van der Waals surface area contributed by atoms with Crippen LogP contribution in [0.25, 0.3) is 0 Å². The van der Waals surface area contributed by atoms with Gasteiger partial charge < -0.3 is 10.4 Å². The number of benzene rings is 1. The summed E-state index contributed by atoms with van der Waals surface area (Å²) in [6.45, 7) is 1.67. The van der Waals surface area contributed by atoms with E-state index < -0.39 is 16.9 Å². The molecule has 0 spiro atoms. The molecule has 0 aromatic heterocycles. The van der Waals surface area contributed by atoms with Gasteiger partial charge in [0.15, 0.2) is 0 Å². The number of hydrogen-bond acceptors (Lipinski definition) is 5. The lowest BCUT2D eigenvalue weighted by molar-refractivity contribution is -0.384. The maximum Gasteiger partial charge on any atom is 0.326 e. The number of carbonyl (C=O) groups is 2. The average molecular weight is 298 g/mol. The van der Waals surface area contributed by atoms with Crippen molar-refractivity contribution in [3.05, 3.63) is 34.4 Å². The standard InChI is InChI=1S/C12H14N2O5S/c1-2-10(12(16)17)13-11(15)7-20-9-5-3-8(4-6-9)14(18)19/h3-6,10H,2,7H2,1H3,(H,13,15)(H,16,17). The summed E-state index contributed by atoms with van der Waals surface area (Å²) >= 11 is 1.19. The van der Waals surface area contributed by atoms with E-state index in [1.165, 1.54) is 23.9 Å². The number of hydrogen-bond donors (Lipinski definition) is 2. The van der Waals surface area contributed by atoms with E-state index in [2.05, 4.69) is 5.32 Å². The van der Waals surface area contributed by atoms with Crippen LogP contribution >= 0.6 is 11.8 Å². The quantitative estimate of drug-likeness (QED) is 0.450. The maximum absolute atomic E-state index is 11.6. The minimum atomic E-state index is -1.07. The van der Waals surface area contributed by atoms with Crippen molar-refractivity contribution in [2.45, 2.75) is 24.3 Å². The molecule has 7 nitrogen and oxygen atoms in total. The van der Waals surface area contributed by atoms with Crippen LogP contribution in [0.4, 0.5) is 5.69 Å². The van der Waals surface area contributed by atoms with E-state index in [-0.39, 0.29) is 17.3 Å². The Morgan fingerprint density at radius 3 is 2.45 bits per heavy atom. The highest BCUT2D eigenvalue weighted by atomic mass is 32.2. The van der Waals surface area contributed by atoms with Gasteiger partial charge >= 0.3 is 5.97 Å². The molecule has 1 aromatic carbocycles. The first-order valence-corrected chi connectivity index (χ1v) is 6.82. The molecule has 2 N–H and O–H groups in total. The van der Waals surface area contributed by atoms with E-state index in [1.807, 2.05) is 0 Å². The van der Waals surface area contributed by atoms with Gasteiger partial charge in [-0.05, 0) is 18.6 Å². The van der Waals surface area contributed by atoms with E-state index in [0.717, 1.165) is 0 Å². The largest absolute Gasteiger partial charge is 0.480 e. The van der Waals surface area contributed by atoms with E-state index in [9.17, 15) is 19.7 Å². The van der Waals surface area contributed by atoms with Crippen LogP contribution in [0.2, 0.25) is 0 Å². The molecule has 0 radical (unpaired) electrons. The van der Waals surface area contributed by atoms with Gasteiger partial charge in [-0.25, -0.2) is 4.79 Å². The molecule has 0 saturated carbocycles. The normalized spacial score (nSPS) is 11.7. The number of carboxylic acid groups (broad SMARTS) is 1. The van der Waals surface area contributed by atoms with Crippen LogP contribution in [0, 0.1) is 10.1 Å². The lowest BCUT2D eigenvalue weighted by Crippen LogP contribution is -2.41. The number of rotatable bonds is 7. The molecule has 1 aromatic rings. The average Bonchev–Trinajstić information content (AvgIpc) is 2.42. The number of carbonyl (C=O) groups excluding carboxylic acids is 1. The van der Waals surface area contributed by atoms with Crippen molar-refractivity contribution in [1.29, 1.82) is 0 Å². The molecule has 20 heavy (non-hydrogen) atoms. The Hall–Kier alpha value is -2.09. The van der Waals surface area contributed by atoms with E-state index in [4.69, 9.17) is 5.11 Å². The molecule has 0 heterocycles. The van der Waals surface area contributed by atoms with Gasteiger partial charge in [-0.15, -0.1) is 11.8 Å². The molecule has 1 atom stereocenters. The first-order chi connectivity index (χ1) is 9.43. The SMILES string of the molecule is CCC(NC(=O)CSc1ccc([N+](=O)[O-])cc1)C(=O)O. The van der Waals surface area contributed by atoms with Crippen molar-refractivity contribution in [3.63, 3.8) is 0 Å². The van der Waals surface area contributed by atoms with Crippen molar-refractivity contribution in [2.24, 2.45) is 0 Å². The monoisotopic (exact) mass is 298 g/mol. The molecule has 0 aliphatic rings. The summed E-state index contributed by atoms with van der Waals surface area (Å²) in [7, 11) is 0. The highest BCUT2D eigenvalue weighted by Crippen LogP contribution is 2.21. The van der Waals surface area contributed by atoms with Crippen molar-refractivity contribution in [2.75, 3.05) is 5.75 Å². The van der Waals surface area contributed by atoms with Gasteiger partial charge in [-0.1, -0.05) is 6.92 Å². The molecule has 1 unspecified atom stereocenters. The summed E-state index contributed by atoms with van der Waals surface area (Å²) in [6.07, 6.45) is 0.309. The van der Waals surface area contributed by atoms with Crippen molar-refractivity contribution < 1.29 is 19.6 Å². The summed E-state index contributed by atoms with van der Waals surface area (Å²) in [5, 5.41) is 21.7. The van der Waals surface area contributed by atoms with Crippen molar-refractivity contribution in [3.8, 4) is 0 Å². The molecule has 1 amide bonds. The number of nitrogens with zero attached hydrogens (tertiary/aromatic N) is 1. The second-order valence-corrected chi connectivity index (χ2v) is 4.96. The lowest BCUT2D eigenvalue weighted by Gasteiger charge is -2.11. The Kier molecular flexibility index (Phi) is 5.98. The van der Waals surface area contributed by atoms with Crippen LogP contribution in [0.3, 0.4) is 0 Å². The zero-order valence-corrected chi connectivity index (χ0v) is 11.6. The fourth-order valence-corrected chi connectivity index (χ4v) is 2.10. The number of nitro groups is 1. The summed E-state index contributed by atoms with van der Waals surface area (Å²) in [5.41, 5.74) is -0.0178. The number of nitrogens with one attached hydrogen (secondary N) is 1. The Morgan fingerprint density at radius 2 is 2.00 bits per heavy atom. The minimum absolute atomic E-state index is 0.0178. The van der Waals surface area contributed by atoms with Crippen molar-refractivity contribution in [1.82, 2.24) is 5.32 Å². The zero-order chi connectivity index (χ0) is 15.1. The van der Waals surface area contributed by atoms with Gasteiger partial charge in [0, 0.05) is 17.0 Å². The number of nitro benzene ring substituents is 1. The second-order valence-electron chi connectivity index (χ2n) is 3.91. The highest BCUT2D eigenvalue weighted by Gasteiger charge is 2.17. The molecular weight excluding hydrogens is 284 g/mol. The Bertz CT molecular complexity index is 503. The maximum atomic E-state index is 11.6. The van der Waals surface area contributed by atoms with Crippen LogP contribution in [0.5, 0.6) is 0 Å². The Morgan fingerprint density at radius 1 is 1.40 bits per heavy atom. The molecule has 8 heteroatoms. The number of amides is 1. The first-order valence-electron chi connectivity index (χ1n) is 5.83. The molecular formula is C12H14N2O5S. The van der Waals surface area contributed by atoms with Gasteiger partial charge in [-0.2, -0.15) is 0 Å². The fraction of sp³-hybridized carbons (Fsp3) is 0.333. The van der Waals surface area contributed by atoms with Crippen molar-refractivity contribution >= 4 is 29.3 Å². The van der Waals surface area contributed by atoms with Gasteiger partial charge in [0.1, 0.15) is 6.04 Å². The molecule has 108 valence electrons. The summed E-state index contributed by atoms with van der Waals surface area (Å²) in [4.78, 5) is 33.0. The number of non-ortho nitro benzene ring substituents is 1. The smallest absolute Gasteiger partial charge is 0.326 e. The van der Waals surface area contributed by atoms with E-state index >= 15 is 0 Å². The van der Waals surface area contributed by atoms with Gasteiger partial charge in [0.05, 0.1) is 10.7 Å². The Balaban J connectivity index is 2.48. The van der Waals surface area contributed by atoms with E-state index in [1.54, 1.807) is 19.1 Å². The van der Waals surface area contributed by atoms with Crippen LogP contribution in [0.1, 0.15) is 13.3 Å². The van der Waals surface area contributed by atoms with Gasteiger partial charge in [0.25, 0.3) is 5.69 Å². The van der Waals surface area contributed by atoms with Crippen LogP contribution in [-0.2, 0) is 9.59 Å². The van der Waals surface area contributed by atoms with Gasteiger partial charge in [-0.3, -0.25) is 14.9 Å². The van der Waals surface area contributed by atoms with Gasteiger partial charge in [0.2, 0.25) is 5.91 Å². The predicted molar refractivity (Wildman–Crippen MR) is 73.7 cm³/mol. The third-order valence-corrected chi connectivity index (χ3v) is 3.47. The molecule has 0 fully saturated rings. The highest BCUT2D eigenvalue weighted by molar-refractivity contribution is 8.00. The number of carboxylic acids is 1. The first kappa shape index (κ1) is 16.0. The molecule has 0 aliphatic heterocycles. The van der Waals surface area contributed by atoms with Crippen LogP contribution < -0.4 is 5.32 Å². The number of thioether (sulfide) groups is 1. The summed E-state index contributed by atoms with van der Waals surface area (Å²) < 4.78 is 0.